The molecule has 1 saturated heterocycles. The third kappa shape index (κ3) is 4.18. The molecule has 0 saturated carbocycles. The zero-order chi connectivity index (χ0) is 11.3. The average Bonchev–Trinajstić information content (AvgIpc) is 2.26. The number of piperidine rings is 1. The minimum atomic E-state index is -0.198. The summed E-state index contributed by atoms with van der Waals surface area (Å²) in [5.74, 6) is 0.408. The fourth-order valence-electron chi connectivity index (χ4n) is 1.67. The van der Waals surface area contributed by atoms with Gasteiger partial charge in [0.1, 0.15) is 6.04 Å². The van der Waals surface area contributed by atoms with Crippen LogP contribution in [0.3, 0.4) is 0 Å². The van der Waals surface area contributed by atoms with E-state index in [4.69, 9.17) is 4.74 Å². The van der Waals surface area contributed by atoms with Crippen molar-refractivity contribution in [2.45, 2.75) is 25.8 Å². The molecule has 88 valence electrons. The molecule has 1 heterocycles. The van der Waals surface area contributed by atoms with Crippen molar-refractivity contribution >= 4 is 5.97 Å². The number of likely N-dealkylation sites (N-methyl/N-ethyl adjacent to an activating group) is 1. The lowest BCUT2D eigenvalue weighted by atomic mass is 9.98. The molecule has 1 rings (SSSR count). The van der Waals surface area contributed by atoms with Gasteiger partial charge in [0.15, 0.2) is 0 Å². The third-order valence-electron chi connectivity index (χ3n) is 3.09. The Labute approximate surface area is 92.0 Å². The fraction of sp³-hybridized carbons (Fsp3) is 0.909. The molecule has 0 aliphatic carbocycles. The molecule has 1 aliphatic heterocycles. The van der Waals surface area contributed by atoms with E-state index in [1.807, 2.05) is 6.92 Å². The highest BCUT2D eigenvalue weighted by molar-refractivity contribution is 5.75. The Kier molecular flexibility index (Phi) is 5.05. The molecule has 1 aliphatic rings. The van der Waals surface area contributed by atoms with E-state index in [1.54, 1.807) is 7.05 Å². The Morgan fingerprint density at radius 1 is 1.53 bits per heavy atom. The number of hydrogen-bond donors (Lipinski definition) is 1. The van der Waals surface area contributed by atoms with E-state index >= 15 is 0 Å². The van der Waals surface area contributed by atoms with Crippen LogP contribution in [0.2, 0.25) is 0 Å². The van der Waals surface area contributed by atoms with Crippen LogP contribution in [0.5, 0.6) is 0 Å². The molecule has 4 nitrogen and oxygen atoms in total. The molecule has 15 heavy (non-hydrogen) atoms. The van der Waals surface area contributed by atoms with Crippen molar-refractivity contribution in [2.75, 3.05) is 33.8 Å². The lowest BCUT2D eigenvalue weighted by Gasteiger charge is -2.28. The molecule has 4 heteroatoms. The summed E-state index contributed by atoms with van der Waals surface area (Å²) >= 11 is 0. The van der Waals surface area contributed by atoms with Gasteiger partial charge in [-0.1, -0.05) is 0 Å². The first-order chi connectivity index (χ1) is 7.13. The predicted molar refractivity (Wildman–Crippen MR) is 59.7 cm³/mol. The quantitative estimate of drug-likeness (QED) is 0.691. The summed E-state index contributed by atoms with van der Waals surface area (Å²) in [7, 11) is 3.90. The van der Waals surface area contributed by atoms with Crippen LogP contribution in [0.4, 0.5) is 0 Å². The predicted octanol–water partition coefficient (Wildman–Crippen LogP) is 0.479. The molecule has 0 aromatic rings. The monoisotopic (exact) mass is 214 g/mol. The van der Waals surface area contributed by atoms with Gasteiger partial charge in [0, 0.05) is 0 Å². The van der Waals surface area contributed by atoms with Crippen molar-refractivity contribution in [3.63, 3.8) is 0 Å². The number of likely N-dealkylation sites (tertiary alicyclic amines) is 1. The van der Waals surface area contributed by atoms with Crippen molar-refractivity contribution in [1.82, 2.24) is 10.2 Å². The normalized spacial score (nSPS) is 21.3. The first-order valence-electron chi connectivity index (χ1n) is 5.66. The van der Waals surface area contributed by atoms with Gasteiger partial charge in [0.25, 0.3) is 0 Å². The molecular weight excluding hydrogens is 192 g/mol. The highest BCUT2D eigenvalue weighted by Crippen LogP contribution is 2.16. The van der Waals surface area contributed by atoms with Crippen LogP contribution in [0.15, 0.2) is 0 Å². The minimum Gasteiger partial charge on any atom is -0.464 e. The van der Waals surface area contributed by atoms with Gasteiger partial charge in [-0.25, -0.2) is 0 Å². The van der Waals surface area contributed by atoms with Gasteiger partial charge >= 0.3 is 5.97 Å². The number of carbonyl (C=O) groups is 1. The van der Waals surface area contributed by atoms with E-state index in [2.05, 4.69) is 17.3 Å². The van der Waals surface area contributed by atoms with Crippen LogP contribution in [-0.4, -0.2) is 50.7 Å². The van der Waals surface area contributed by atoms with Crippen molar-refractivity contribution in [2.24, 2.45) is 5.92 Å². The van der Waals surface area contributed by atoms with Crippen LogP contribution in [-0.2, 0) is 9.53 Å². The number of ether oxygens (including phenoxy) is 1. The maximum absolute atomic E-state index is 11.4. The Morgan fingerprint density at radius 3 is 2.67 bits per heavy atom. The SMILES string of the molecule is CNC(C)C(=O)OCC1CCN(C)CC1. The molecule has 0 aromatic heterocycles. The number of nitrogens with zero attached hydrogens (tertiary/aromatic N) is 1. The maximum atomic E-state index is 11.4. The first kappa shape index (κ1) is 12.5. The van der Waals surface area contributed by atoms with Crippen molar-refractivity contribution < 1.29 is 9.53 Å². The van der Waals surface area contributed by atoms with Gasteiger partial charge in [-0.15, -0.1) is 0 Å². The number of nitrogens with one attached hydrogen (secondary N) is 1. The van der Waals surface area contributed by atoms with E-state index < -0.39 is 0 Å². The number of carbonyl (C=O) groups excluding carboxylic acids is 1. The standard InChI is InChI=1S/C11H22N2O2/c1-9(12-2)11(14)15-8-10-4-6-13(3)7-5-10/h9-10,12H,4-8H2,1-3H3. The van der Waals surface area contributed by atoms with E-state index in [9.17, 15) is 4.79 Å². The number of hydrogen-bond acceptors (Lipinski definition) is 4. The molecule has 0 spiro atoms. The second kappa shape index (κ2) is 6.08. The summed E-state index contributed by atoms with van der Waals surface area (Å²) in [5, 5.41) is 2.88. The lowest BCUT2D eigenvalue weighted by molar-refractivity contribution is -0.147. The van der Waals surface area contributed by atoms with E-state index in [1.165, 1.54) is 0 Å². The van der Waals surface area contributed by atoms with Crippen molar-refractivity contribution in [3.8, 4) is 0 Å². The Bertz CT molecular complexity index is 201. The van der Waals surface area contributed by atoms with Crippen LogP contribution in [0, 0.1) is 5.92 Å². The summed E-state index contributed by atoms with van der Waals surface area (Å²) < 4.78 is 5.25. The Balaban J connectivity index is 2.17. The zero-order valence-corrected chi connectivity index (χ0v) is 9.95. The Hall–Kier alpha value is -0.610. The number of rotatable bonds is 4. The molecule has 0 radical (unpaired) electrons. The molecule has 0 amide bonds. The minimum absolute atomic E-state index is 0.142. The second-order valence-corrected chi connectivity index (χ2v) is 4.39. The first-order valence-corrected chi connectivity index (χ1v) is 5.66. The third-order valence-corrected chi connectivity index (χ3v) is 3.09. The molecule has 1 N–H and O–H groups in total. The molecule has 1 unspecified atom stereocenters. The lowest BCUT2D eigenvalue weighted by Crippen LogP contribution is -2.36. The highest BCUT2D eigenvalue weighted by Gasteiger charge is 2.19. The summed E-state index contributed by atoms with van der Waals surface area (Å²) in [4.78, 5) is 13.7. The summed E-state index contributed by atoms with van der Waals surface area (Å²) in [6.07, 6.45) is 2.27. The summed E-state index contributed by atoms with van der Waals surface area (Å²) in [6, 6.07) is -0.198. The van der Waals surface area contributed by atoms with E-state index in [-0.39, 0.29) is 12.0 Å². The van der Waals surface area contributed by atoms with Gasteiger partial charge < -0.3 is 15.0 Å². The van der Waals surface area contributed by atoms with Crippen LogP contribution in [0.1, 0.15) is 19.8 Å². The second-order valence-electron chi connectivity index (χ2n) is 4.39. The van der Waals surface area contributed by atoms with E-state index in [0.717, 1.165) is 25.9 Å². The van der Waals surface area contributed by atoms with Gasteiger partial charge in [-0.3, -0.25) is 4.79 Å². The smallest absolute Gasteiger partial charge is 0.322 e. The van der Waals surface area contributed by atoms with Gasteiger partial charge in [0.2, 0.25) is 0 Å². The molecule has 1 atom stereocenters. The highest BCUT2D eigenvalue weighted by atomic mass is 16.5. The average molecular weight is 214 g/mol. The topological polar surface area (TPSA) is 41.6 Å². The molecule has 0 bridgehead atoms. The number of esters is 1. The zero-order valence-electron chi connectivity index (χ0n) is 9.95. The molecule has 0 aromatic carbocycles. The Morgan fingerprint density at radius 2 is 2.13 bits per heavy atom. The van der Waals surface area contributed by atoms with Crippen LogP contribution >= 0.6 is 0 Å². The fourth-order valence-corrected chi connectivity index (χ4v) is 1.67. The maximum Gasteiger partial charge on any atom is 0.322 e. The van der Waals surface area contributed by atoms with Crippen molar-refractivity contribution in [3.05, 3.63) is 0 Å². The van der Waals surface area contributed by atoms with E-state index in [0.29, 0.717) is 12.5 Å². The van der Waals surface area contributed by atoms with Crippen molar-refractivity contribution in [1.29, 1.82) is 0 Å². The molecule has 1 fully saturated rings. The van der Waals surface area contributed by atoms with Crippen LogP contribution in [0.25, 0.3) is 0 Å². The largest absolute Gasteiger partial charge is 0.464 e. The van der Waals surface area contributed by atoms with Crippen LogP contribution < -0.4 is 5.32 Å². The van der Waals surface area contributed by atoms with Gasteiger partial charge in [-0.05, 0) is 52.9 Å². The summed E-state index contributed by atoms with van der Waals surface area (Å²) in [5.41, 5.74) is 0. The van der Waals surface area contributed by atoms with Gasteiger partial charge in [-0.2, -0.15) is 0 Å². The summed E-state index contributed by atoms with van der Waals surface area (Å²) in [6.45, 7) is 4.63. The van der Waals surface area contributed by atoms with Gasteiger partial charge in [0.05, 0.1) is 6.61 Å². The molecular formula is C11H22N2O2.